The van der Waals surface area contributed by atoms with Gasteiger partial charge in [-0.05, 0) is 47.4 Å². The average Bonchev–Trinajstić information content (AvgIpc) is 3.03. The van der Waals surface area contributed by atoms with E-state index in [0.29, 0.717) is 12.2 Å². The summed E-state index contributed by atoms with van der Waals surface area (Å²) in [6.07, 6.45) is 0.661. The summed E-state index contributed by atoms with van der Waals surface area (Å²) < 4.78 is 0. The van der Waals surface area contributed by atoms with Gasteiger partial charge < -0.3 is 16.6 Å². The van der Waals surface area contributed by atoms with Gasteiger partial charge in [0.2, 0.25) is 0 Å². The standard InChI is InChI=1S/C21H20N4O/c22-18(10-13-4-2-1-3-5-13)17-11-14(7-9-20(17)26)15-6-8-16-19(12-15)24-25-21(16)23/h1-9,11-12,18,26H,10,22H2,(H3,23,24,25). The number of benzene rings is 3. The lowest BCUT2D eigenvalue weighted by atomic mass is 9.95. The van der Waals surface area contributed by atoms with Crippen LogP contribution in [0.2, 0.25) is 0 Å². The molecular formula is C21H20N4O. The zero-order chi connectivity index (χ0) is 18.1. The summed E-state index contributed by atoms with van der Waals surface area (Å²) in [6, 6.07) is 21.2. The average molecular weight is 344 g/mol. The maximum absolute atomic E-state index is 10.3. The van der Waals surface area contributed by atoms with Gasteiger partial charge in [0.15, 0.2) is 5.82 Å². The molecule has 0 spiro atoms. The summed E-state index contributed by atoms with van der Waals surface area (Å²) in [6.45, 7) is 0. The summed E-state index contributed by atoms with van der Waals surface area (Å²) >= 11 is 0. The fourth-order valence-corrected chi connectivity index (χ4v) is 3.23. The fraction of sp³-hybridized carbons (Fsp3) is 0.0952. The van der Waals surface area contributed by atoms with Crippen LogP contribution >= 0.6 is 0 Å². The third-order valence-corrected chi connectivity index (χ3v) is 4.65. The van der Waals surface area contributed by atoms with Crippen LogP contribution in [0.3, 0.4) is 0 Å². The fourth-order valence-electron chi connectivity index (χ4n) is 3.23. The molecule has 0 aliphatic heterocycles. The van der Waals surface area contributed by atoms with Crippen molar-refractivity contribution >= 4 is 16.7 Å². The topological polar surface area (TPSA) is 101 Å². The molecular weight excluding hydrogens is 324 g/mol. The van der Waals surface area contributed by atoms with Crippen LogP contribution in [0.4, 0.5) is 5.82 Å². The molecule has 0 aliphatic rings. The number of phenols is 1. The van der Waals surface area contributed by atoms with E-state index >= 15 is 0 Å². The number of nitrogen functional groups attached to an aromatic ring is 1. The number of rotatable bonds is 4. The van der Waals surface area contributed by atoms with Gasteiger partial charge in [-0.15, -0.1) is 0 Å². The third-order valence-electron chi connectivity index (χ3n) is 4.65. The molecule has 4 aromatic rings. The molecule has 130 valence electrons. The Labute approximate surface area is 151 Å². The van der Waals surface area contributed by atoms with Crippen molar-refractivity contribution in [2.75, 3.05) is 5.73 Å². The SMILES string of the molecule is Nc1n[nH]c2cc(-c3ccc(O)c(C(N)Cc4ccccc4)c3)ccc12. The first-order chi connectivity index (χ1) is 12.6. The van der Waals surface area contributed by atoms with Gasteiger partial charge in [-0.2, -0.15) is 5.10 Å². The number of nitrogens with two attached hydrogens (primary N) is 2. The molecule has 1 aromatic heterocycles. The highest BCUT2D eigenvalue weighted by atomic mass is 16.3. The molecule has 1 unspecified atom stereocenters. The van der Waals surface area contributed by atoms with Crippen LogP contribution in [0.15, 0.2) is 66.7 Å². The molecule has 0 saturated carbocycles. The van der Waals surface area contributed by atoms with E-state index in [1.54, 1.807) is 6.07 Å². The lowest BCUT2D eigenvalue weighted by Gasteiger charge is -2.15. The molecule has 5 nitrogen and oxygen atoms in total. The first-order valence-electron chi connectivity index (χ1n) is 8.48. The second kappa shape index (κ2) is 6.54. The van der Waals surface area contributed by atoms with E-state index in [0.717, 1.165) is 33.2 Å². The van der Waals surface area contributed by atoms with Crippen LogP contribution in [0, 0.1) is 0 Å². The predicted octanol–water partition coefficient (Wildman–Crippen LogP) is 3.76. The first-order valence-corrected chi connectivity index (χ1v) is 8.48. The minimum absolute atomic E-state index is 0.212. The molecule has 0 saturated heterocycles. The van der Waals surface area contributed by atoms with E-state index in [-0.39, 0.29) is 11.8 Å². The number of aromatic nitrogens is 2. The Kier molecular flexibility index (Phi) is 4.07. The lowest BCUT2D eigenvalue weighted by Crippen LogP contribution is -2.13. The zero-order valence-corrected chi connectivity index (χ0v) is 14.2. The number of phenolic OH excluding ortho intramolecular Hbond substituents is 1. The van der Waals surface area contributed by atoms with Crippen molar-refractivity contribution in [3.05, 3.63) is 77.9 Å². The Balaban J connectivity index is 1.68. The first kappa shape index (κ1) is 16.2. The van der Waals surface area contributed by atoms with Crippen LogP contribution in [-0.2, 0) is 6.42 Å². The Bertz CT molecular complexity index is 1060. The van der Waals surface area contributed by atoms with Gasteiger partial charge in [-0.1, -0.05) is 42.5 Å². The molecule has 0 amide bonds. The highest BCUT2D eigenvalue weighted by Gasteiger charge is 2.14. The number of nitrogens with zero attached hydrogens (tertiary/aromatic N) is 1. The van der Waals surface area contributed by atoms with Crippen LogP contribution < -0.4 is 11.5 Å². The lowest BCUT2D eigenvalue weighted by molar-refractivity contribution is 0.461. The molecule has 26 heavy (non-hydrogen) atoms. The van der Waals surface area contributed by atoms with Crippen molar-refractivity contribution in [1.82, 2.24) is 10.2 Å². The molecule has 0 fully saturated rings. The minimum Gasteiger partial charge on any atom is -0.508 e. The molecule has 0 aliphatic carbocycles. The van der Waals surface area contributed by atoms with Crippen LogP contribution in [0.5, 0.6) is 5.75 Å². The number of nitrogens with one attached hydrogen (secondary N) is 1. The number of fused-ring (bicyclic) bond motifs is 1. The maximum Gasteiger partial charge on any atom is 0.153 e. The van der Waals surface area contributed by atoms with E-state index in [9.17, 15) is 5.11 Å². The summed E-state index contributed by atoms with van der Waals surface area (Å²) in [5, 5.41) is 18.1. The second-order valence-corrected chi connectivity index (χ2v) is 6.44. The molecule has 6 N–H and O–H groups in total. The quantitative estimate of drug-likeness (QED) is 0.453. The summed E-state index contributed by atoms with van der Waals surface area (Å²) in [7, 11) is 0. The van der Waals surface area contributed by atoms with E-state index in [1.807, 2.05) is 60.7 Å². The number of anilines is 1. The molecule has 3 aromatic carbocycles. The minimum atomic E-state index is -0.288. The number of H-pyrrole nitrogens is 1. The molecule has 0 radical (unpaired) electrons. The Hall–Kier alpha value is -3.31. The van der Waals surface area contributed by atoms with Gasteiger partial charge >= 0.3 is 0 Å². The van der Waals surface area contributed by atoms with Gasteiger partial charge in [0.1, 0.15) is 5.75 Å². The van der Waals surface area contributed by atoms with Crippen molar-refractivity contribution in [2.45, 2.75) is 12.5 Å². The molecule has 4 rings (SSSR count). The van der Waals surface area contributed by atoms with Crippen molar-refractivity contribution in [1.29, 1.82) is 0 Å². The van der Waals surface area contributed by atoms with Gasteiger partial charge in [0, 0.05) is 17.0 Å². The van der Waals surface area contributed by atoms with Crippen molar-refractivity contribution in [3.63, 3.8) is 0 Å². The highest BCUT2D eigenvalue weighted by molar-refractivity contribution is 5.91. The molecule has 5 heteroatoms. The Morgan fingerprint density at radius 1 is 0.962 bits per heavy atom. The largest absolute Gasteiger partial charge is 0.508 e. The van der Waals surface area contributed by atoms with Crippen molar-refractivity contribution in [3.8, 4) is 16.9 Å². The van der Waals surface area contributed by atoms with Crippen LogP contribution in [0.25, 0.3) is 22.0 Å². The van der Waals surface area contributed by atoms with Gasteiger partial charge in [0.25, 0.3) is 0 Å². The number of aromatic amines is 1. The molecule has 1 heterocycles. The second-order valence-electron chi connectivity index (χ2n) is 6.44. The number of hydrogen-bond donors (Lipinski definition) is 4. The monoisotopic (exact) mass is 344 g/mol. The maximum atomic E-state index is 10.3. The smallest absolute Gasteiger partial charge is 0.153 e. The highest BCUT2D eigenvalue weighted by Crippen LogP contribution is 2.32. The Morgan fingerprint density at radius 3 is 2.50 bits per heavy atom. The Morgan fingerprint density at radius 2 is 1.69 bits per heavy atom. The normalized spacial score (nSPS) is 12.3. The third kappa shape index (κ3) is 3.00. The predicted molar refractivity (Wildman–Crippen MR) is 105 cm³/mol. The van der Waals surface area contributed by atoms with Gasteiger partial charge in [-0.3, -0.25) is 5.10 Å². The van der Waals surface area contributed by atoms with E-state index < -0.39 is 0 Å². The van der Waals surface area contributed by atoms with Gasteiger partial charge in [0.05, 0.1) is 5.52 Å². The summed E-state index contributed by atoms with van der Waals surface area (Å²) in [4.78, 5) is 0. The van der Waals surface area contributed by atoms with Crippen molar-refractivity contribution in [2.24, 2.45) is 5.73 Å². The van der Waals surface area contributed by atoms with E-state index in [4.69, 9.17) is 11.5 Å². The van der Waals surface area contributed by atoms with E-state index in [2.05, 4.69) is 10.2 Å². The molecule has 1 atom stereocenters. The zero-order valence-electron chi connectivity index (χ0n) is 14.2. The van der Waals surface area contributed by atoms with E-state index in [1.165, 1.54) is 0 Å². The number of aromatic hydroxyl groups is 1. The van der Waals surface area contributed by atoms with Crippen LogP contribution in [0.1, 0.15) is 17.2 Å². The summed E-state index contributed by atoms with van der Waals surface area (Å²) in [5.41, 5.74) is 16.9. The molecule has 0 bridgehead atoms. The number of hydrogen-bond acceptors (Lipinski definition) is 4. The van der Waals surface area contributed by atoms with Gasteiger partial charge in [-0.25, -0.2) is 0 Å². The van der Waals surface area contributed by atoms with Crippen molar-refractivity contribution < 1.29 is 5.11 Å². The van der Waals surface area contributed by atoms with Crippen LogP contribution in [-0.4, -0.2) is 15.3 Å². The summed E-state index contributed by atoms with van der Waals surface area (Å²) in [5.74, 6) is 0.701.